The van der Waals surface area contributed by atoms with Crippen molar-refractivity contribution in [2.24, 2.45) is 9.98 Å². The molecule has 0 amide bonds. The lowest BCUT2D eigenvalue weighted by Crippen LogP contribution is -2.48. The summed E-state index contributed by atoms with van der Waals surface area (Å²) in [6, 6.07) is 6.78. The van der Waals surface area contributed by atoms with Gasteiger partial charge in [-0.3, -0.25) is 0 Å². The third-order valence-electron chi connectivity index (χ3n) is 6.74. The summed E-state index contributed by atoms with van der Waals surface area (Å²) in [6.07, 6.45) is -3.84. The highest BCUT2D eigenvalue weighted by atomic mass is 19.4. The molecule has 198 valence electrons. The lowest BCUT2D eigenvalue weighted by Gasteiger charge is -2.37. The number of ether oxygens (including phenoxy) is 3. The van der Waals surface area contributed by atoms with Crippen molar-refractivity contribution in [3.05, 3.63) is 47.0 Å². The van der Waals surface area contributed by atoms with Crippen molar-refractivity contribution in [1.82, 2.24) is 5.32 Å². The van der Waals surface area contributed by atoms with Gasteiger partial charge >= 0.3 is 6.18 Å². The number of rotatable bonds is 5. The van der Waals surface area contributed by atoms with Gasteiger partial charge < -0.3 is 30.2 Å². The van der Waals surface area contributed by atoms with E-state index in [-0.39, 0.29) is 17.3 Å². The van der Waals surface area contributed by atoms with E-state index < -0.39 is 17.8 Å². The van der Waals surface area contributed by atoms with Crippen LogP contribution >= 0.6 is 0 Å². The molecule has 0 aliphatic carbocycles. The van der Waals surface area contributed by atoms with E-state index in [0.717, 1.165) is 29.8 Å². The highest BCUT2D eigenvalue weighted by Crippen LogP contribution is 2.43. The van der Waals surface area contributed by atoms with Crippen LogP contribution in [-0.2, 0) is 10.9 Å². The number of nitrogens with one attached hydrogen (secondary N) is 1. The summed E-state index contributed by atoms with van der Waals surface area (Å²) in [6.45, 7) is 7.57. The first kappa shape index (κ1) is 25.2. The van der Waals surface area contributed by atoms with Crippen molar-refractivity contribution in [3.8, 4) is 11.5 Å². The number of aliphatic imine (C=N–C) groups is 2. The Morgan fingerprint density at radius 2 is 1.97 bits per heavy atom. The molecule has 2 aromatic rings. The number of amidine groups is 1. The zero-order valence-electron chi connectivity index (χ0n) is 21.1. The first-order valence-electron chi connectivity index (χ1n) is 12.1. The molecular formula is C26H30F3N5O3. The third kappa shape index (κ3) is 4.79. The van der Waals surface area contributed by atoms with E-state index in [1.165, 1.54) is 6.07 Å². The Kier molecular flexibility index (Phi) is 6.21. The maximum atomic E-state index is 13.4. The summed E-state index contributed by atoms with van der Waals surface area (Å²) < 4.78 is 57.6. The molecule has 5 rings (SSSR count). The van der Waals surface area contributed by atoms with Crippen LogP contribution in [0.1, 0.15) is 49.9 Å². The Labute approximate surface area is 213 Å². The van der Waals surface area contributed by atoms with Gasteiger partial charge in [0.1, 0.15) is 11.9 Å². The van der Waals surface area contributed by atoms with Crippen LogP contribution in [0.4, 0.5) is 24.5 Å². The first-order valence-corrected chi connectivity index (χ1v) is 12.1. The highest BCUT2D eigenvalue weighted by Gasteiger charge is 2.41. The van der Waals surface area contributed by atoms with Crippen LogP contribution in [0.25, 0.3) is 0 Å². The van der Waals surface area contributed by atoms with Gasteiger partial charge in [-0.25, -0.2) is 4.99 Å². The second kappa shape index (κ2) is 9.13. The van der Waals surface area contributed by atoms with Gasteiger partial charge in [-0.1, -0.05) is 0 Å². The number of methoxy groups -OCH3 is 1. The molecule has 1 fully saturated rings. The maximum Gasteiger partial charge on any atom is 0.416 e. The number of nitrogen functional groups attached to an aromatic ring is 1. The average molecular weight is 518 g/mol. The minimum atomic E-state index is -4.50. The van der Waals surface area contributed by atoms with Gasteiger partial charge in [0.25, 0.3) is 0 Å². The summed E-state index contributed by atoms with van der Waals surface area (Å²) in [4.78, 5) is 11.4. The molecule has 2 atom stereocenters. The molecule has 1 saturated heterocycles. The Bertz CT molecular complexity index is 1270. The monoisotopic (exact) mass is 517 g/mol. The lowest BCUT2D eigenvalue weighted by molar-refractivity contribution is -0.137. The first-order chi connectivity index (χ1) is 17.5. The summed E-state index contributed by atoms with van der Waals surface area (Å²) in [5.74, 6) is 2.10. The Morgan fingerprint density at radius 3 is 2.65 bits per heavy atom. The molecule has 3 heterocycles. The molecule has 37 heavy (non-hydrogen) atoms. The van der Waals surface area contributed by atoms with Gasteiger partial charge in [0, 0.05) is 23.7 Å². The number of alkyl halides is 3. The predicted molar refractivity (Wildman–Crippen MR) is 136 cm³/mol. The van der Waals surface area contributed by atoms with Gasteiger partial charge in [-0.05, 0) is 50.6 Å². The van der Waals surface area contributed by atoms with E-state index in [9.17, 15) is 13.2 Å². The average Bonchev–Trinajstić information content (AvgIpc) is 3.45. The van der Waals surface area contributed by atoms with Crippen molar-refractivity contribution >= 4 is 23.2 Å². The van der Waals surface area contributed by atoms with E-state index in [1.807, 2.05) is 17.0 Å². The molecule has 2 aromatic carbocycles. The number of hydrogen-bond donors (Lipinski definition) is 2. The number of guanidine groups is 1. The quantitative estimate of drug-likeness (QED) is 0.566. The van der Waals surface area contributed by atoms with Gasteiger partial charge in [0.2, 0.25) is 5.96 Å². The molecule has 3 aliphatic rings. The van der Waals surface area contributed by atoms with Crippen LogP contribution in [0.2, 0.25) is 0 Å². The van der Waals surface area contributed by atoms with Crippen LogP contribution in [0.3, 0.4) is 0 Å². The zero-order chi connectivity index (χ0) is 26.5. The number of nitrogens with two attached hydrogens (primary N) is 1. The van der Waals surface area contributed by atoms with Crippen LogP contribution in [0.5, 0.6) is 11.5 Å². The van der Waals surface area contributed by atoms with Gasteiger partial charge in [0.05, 0.1) is 49.7 Å². The minimum Gasteiger partial charge on any atom is -0.493 e. The van der Waals surface area contributed by atoms with Crippen LogP contribution in [0.15, 0.2) is 40.3 Å². The zero-order valence-corrected chi connectivity index (χ0v) is 21.1. The molecule has 11 heteroatoms. The van der Waals surface area contributed by atoms with Gasteiger partial charge in [-0.2, -0.15) is 18.2 Å². The van der Waals surface area contributed by atoms with E-state index in [2.05, 4.69) is 24.2 Å². The second-order valence-corrected chi connectivity index (χ2v) is 10.1. The number of anilines is 2. The van der Waals surface area contributed by atoms with Crippen molar-refractivity contribution in [2.75, 3.05) is 37.5 Å². The summed E-state index contributed by atoms with van der Waals surface area (Å²) in [5.41, 5.74) is 6.67. The molecule has 0 radical (unpaired) electrons. The number of benzene rings is 2. The third-order valence-corrected chi connectivity index (χ3v) is 6.74. The molecule has 0 saturated carbocycles. The van der Waals surface area contributed by atoms with Crippen molar-refractivity contribution in [3.63, 3.8) is 0 Å². The smallest absolute Gasteiger partial charge is 0.416 e. The van der Waals surface area contributed by atoms with Gasteiger partial charge in [-0.15, -0.1) is 0 Å². The van der Waals surface area contributed by atoms with E-state index in [0.29, 0.717) is 48.6 Å². The molecule has 3 N–H and O–H groups in total. The number of nitrogens with zero attached hydrogens (tertiary/aromatic N) is 3. The Hall–Kier alpha value is -3.47. The largest absolute Gasteiger partial charge is 0.493 e. The fraction of sp³-hybridized carbons (Fsp3) is 0.462. The van der Waals surface area contributed by atoms with Crippen LogP contribution in [-0.4, -0.2) is 50.3 Å². The van der Waals surface area contributed by atoms with E-state index >= 15 is 0 Å². The van der Waals surface area contributed by atoms with Gasteiger partial charge in [0.15, 0.2) is 11.5 Å². The SMILES string of the molecule is COc1cc2c(cc1OC1CCOC1)C(N[C@H](C)c1cc(N)cc(C(F)(F)F)c1)=NC1=NCC(C)(C)N12. The number of halogens is 3. The van der Waals surface area contributed by atoms with Crippen molar-refractivity contribution in [1.29, 1.82) is 0 Å². The normalized spacial score (nSPS) is 21.1. The molecule has 0 spiro atoms. The van der Waals surface area contributed by atoms with Crippen LogP contribution in [0, 0.1) is 0 Å². The molecule has 0 aromatic heterocycles. The standard InChI is InChI=1S/C26H30F3N5O3/c1-14(15-7-16(26(27,28)29)9-17(30)8-15)32-23-19-10-22(37-18-5-6-36-12-18)21(35-4)11-20(19)34-24(33-23)31-13-25(34,2)3/h7-11,14,18H,5-6,12-13,30H2,1-4H3,(H,31,32,33)/t14-,18?/m1/s1. The summed E-state index contributed by atoms with van der Waals surface area (Å²) in [7, 11) is 1.58. The summed E-state index contributed by atoms with van der Waals surface area (Å²) >= 11 is 0. The Morgan fingerprint density at radius 1 is 1.19 bits per heavy atom. The number of fused-ring (bicyclic) bond motifs is 3. The molecule has 3 aliphatic heterocycles. The lowest BCUT2D eigenvalue weighted by atomic mass is 9.99. The highest BCUT2D eigenvalue weighted by molar-refractivity contribution is 6.19. The second-order valence-electron chi connectivity index (χ2n) is 10.1. The molecule has 0 bridgehead atoms. The van der Waals surface area contributed by atoms with Crippen molar-refractivity contribution < 1.29 is 27.4 Å². The summed E-state index contributed by atoms with van der Waals surface area (Å²) in [5, 5.41) is 3.29. The van der Waals surface area contributed by atoms with Crippen LogP contribution < -0.4 is 25.4 Å². The topological polar surface area (TPSA) is 93.7 Å². The van der Waals surface area contributed by atoms with E-state index in [1.54, 1.807) is 14.0 Å². The molecular weight excluding hydrogens is 487 g/mol. The molecule has 8 nitrogen and oxygen atoms in total. The van der Waals surface area contributed by atoms with E-state index in [4.69, 9.17) is 24.9 Å². The maximum absolute atomic E-state index is 13.4. The predicted octanol–water partition coefficient (Wildman–Crippen LogP) is 4.53. The van der Waals surface area contributed by atoms with Crippen molar-refractivity contribution in [2.45, 2.75) is 51.1 Å². The fourth-order valence-corrected chi connectivity index (χ4v) is 4.81. The fourth-order valence-electron chi connectivity index (χ4n) is 4.81. The minimum absolute atomic E-state index is 0.0387. The molecule has 1 unspecified atom stereocenters. The number of hydrogen-bond acceptors (Lipinski definition) is 8. The Balaban J connectivity index is 1.55.